The Balaban J connectivity index is 1.99. The second-order valence-electron chi connectivity index (χ2n) is 11.1. The van der Waals surface area contributed by atoms with Crippen LogP contribution in [0.4, 0.5) is 26.3 Å². The molecule has 14 heteroatoms. The second-order valence-corrected chi connectivity index (χ2v) is 17.9. The van der Waals surface area contributed by atoms with Crippen LogP contribution in [0.2, 0.25) is 0 Å². The van der Waals surface area contributed by atoms with E-state index in [9.17, 15) is 34.8 Å². The standard InChI is InChI=1S/C37H30F6I2O4S2/c1-3-4-22-45-28-18-12-25(13-19-28)32-30(24-14-20-29(48-2)21-15-24)31(23-8-6-5-7-9-23)33(26-10-16-27(17-11-26)36(38,39)40)35(50-44)34(32)49-51(46,47)37(41,42)43/h5-21,45H,3-4,22H2,1-2H3. The van der Waals surface area contributed by atoms with Crippen LogP contribution in [-0.4, -0.2) is 25.5 Å². The van der Waals surface area contributed by atoms with Crippen LogP contribution < -0.4 is 8.92 Å². The van der Waals surface area contributed by atoms with Crippen molar-refractivity contribution >= 4 is 61.5 Å². The van der Waals surface area contributed by atoms with Crippen LogP contribution >= 0.6 is 51.3 Å². The van der Waals surface area contributed by atoms with Gasteiger partial charge in [-0.15, -0.1) is 0 Å². The second kappa shape index (κ2) is 16.4. The first-order valence-corrected chi connectivity index (χ1v) is 22.9. The summed E-state index contributed by atoms with van der Waals surface area (Å²) < 4.78 is 122. The van der Waals surface area contributed by atoms with Crippen molar-refractivity contribution in [3.05, 3.63) is 112 Å². The first kappa shape index (κ1) is 39.3. The number of hydrogen-bond acceptors (Lipinski definition) is 5. The summed E-state index contributed by atoms with van der Waals surface area (Å²) in [6.07, 6.45) is -2.53. The van der Waals surface area contributed by atoms with Crippen molar-refractivity contribution < 1.29 is 43.7 Å². The molecule has 0 saturated carbocycles. The van der Waals surface area contributed by atoms with E-state index in [1.54, 1.807) is 66.7 Å². The van der Waals surface area contributed by atoms with Crippen LogP contribution in [0.25, 0.3) is 44.5 Å². The fourth-order valence-corrected chi connectivity index (χ4v) is 10.5. The van der Waals surface area contributed by atoms with Gasteiger partial charge in [0.25, 0.3) is 0 Å². The summed E-state index contributed by atoms with van der Waals surface area (Å²) in [6.45, 7) is 2.11. The van der Waals surface area contributed by atoms with Crippen molar-refractivity contribution in [1.29, 1.82) is 0 Å². The Bertz CT molecular complexity index is 2070. The average molecular weight is 971 g/mol. The fourth-order valence-electron chi connectivity index (χ4n) is 5.38. The van der Waals surface area contributed by atoms with Gasteiger partial charge in [-0.2, -0.15) is 13.2 Å². The van der Waals surface area contributed by atoms with Crippen LogP contribution in [0.15, 0.2) is 108 Å². The van der Waals surface area contributed by atoms with E-state index in [4.69, 9.17) is 8.92 Å². The molecule has 0 spiro atoms. The van der Waals surface area contributed by atoms with E-state index in [0.717, 1.165) is 41.9 Å². The van der Waals surface area contributed by atoms with Gasteiger partial charge in [-0.3, -0.25) is 0 Å². The summed E-state index contributed by atoms with van der Waals surface area (Å²) in [4.78, 5) is -0.0184. The number of rotatable bonds is 12. The monoisotopic (exact) mass is 970 g/mol. The predicted molar refractivity (Wildman–Crippen MR) is 209 cm³/mol. The number of hydrogen-bond donors (Lipinski definition) is 0. The van der Waals surface area contributed by atoms with Crippen molar-refractivity contribution in [1.82, 2.24) is 0 Å². The quantitative estimate of drug-likeness (QED) is 0.0311. The van der Waals surface area contributed by atoms with Crippen molar-refractivity contribution in [2.45, 2.75) is 36.3 Å². The van der Waals surface area contributed by atoms with Crippen LogP contribution in [-0.2, 0) is 16.3 Å². The molecule has 51 heavy (non-hydrogen) atoms. The molecule has 0 heterocycles. The maximum absolute atomic E-state index is 14.1. The minimum atomic E-state index is -6.23. The van der Waals surface area contributed by atoms with Gasteiger partial charge in [0.15, 0.2) is 0 Å². The number of alkyl halides is 7. The van der Waals surface area contributed by atoms with E-state index in [1.807, 2.05) is 33.3 Å². The molecule has 0 aromatic heterocycles. The minimum absolute atomic E-state index is 0.0184. The van der Waals surface area contributed by atoms with E-state index < -0.39 is 54.3 Å². The number of methoxy groups -OCH3 is 1. The average Bonchev–Trinajstić information content (AvgIpc) is 3.11. The summed E-state index contributed by atoms with van der Waals surface area (Å²) >= 11 is 1.28. The Kier molecular flexibility index (Phi) is 12.6. The molecule has 0 aliphatic carbocycles. The summed E-state index contributed by atoms with van der Waals surface area (Å²) in [5.41, 5.74) is -4.03. The van der Waals surface area contributed by atoms with Crippen molar-refractivity contribution in [3.63, 3.8) is 0 Å². The molecular formula is C37H30F6I2O4S2. The van der Waals surface area contributed by atoms with E-state index in [2.05, 4.69) is 6.92 Å². The van der Waals surface area contributed by atoms with Gasteiger partial charge in [-0.1, -0.05) is 0 Å². The molecular weight excluding hydrogens is 940 g/mol. The van der Waals surface area contributed by atoms with Crippen molar-refractivity contribution in [2.24, 2.45) is 0 Å². The van der Waals surface area contributed by atoms with Gasteiger partial charge >= 0.3 is 308 Å². The molecule has 0 saturated heterocycles. The van der Waals surface area contributed by atoms with E-state index >= 15 is 0 Å². The van der Waals surface area contributed by atoms with Crippen molar-refractivity contribution in [3.8, 4) is 56.0 Å². The van der Waals surface area contributed by atoms with E-state index in [0.29, 0.717) is 33.6 Å². The van der Waals surface area contributed by atoms with Crippen LogP contribution in [0.3, 0.4) is 0 Å². The molecule has 0 radical (unpaired) electrons. The normalized spacial score (nSPS) is 12.3. The van der Waals surface area contributed by atoms with E-state index in [1.165, 1.54) is 19.2 Å². The van der Waals surface area contributed by atoms with Gasteiger partial charge in [-0.25, -0.2) is 0 Å². The Morgan fingerprint density at radius 2 is 1.22 bits per heavy atom. The summed E-state index contributed by atoms with van der Waals surface area (Å²) in [7, 11) is -3.85. The first-order chi connectivity index (χ1) is 24.2. The van der Waals surface area contributed by atoms with Gasteiger partial charge in [0.1, 0.15) is 0 Å². The molecule has 0 bridgehead atoms. The van der Waals surface area contributed by atoms with Crippen molar-refractivity contribution in [2.75, 3.05) is 11.5 Å². The van der Waals surface area contributed by atoms with Crippen LogP contribution in [0.5, 0.6) is 11.5 Å². The number of ether oxygens (including phenoxy) is 1. The van der Waals surface area contributed by atoms with Gasteiger partial charge in [-0.05, 0) is 0 Å². The molecule has 5 aromatic carbocycles. The van der Waals surface area contributed by atoms with Crippen LogP contribution in [0, 0.1) is 3.57 Å². The Morgan fingerprint density at radius 3 is 1.75 bits per heavy atom. The SMILES string of the molecule is CCCC[IH]c1ccc(-c2c(OS(=O)(=O)C(F)(F)F)c(SI)c(-c3ccc(C(F)(F)F)cc3)c(-c3ccccc3)c2-c2ccc(OC)cc2)cc1. The zero-order chi connectivity index (χ0) is 37.0. The van der Waals surface area contributed by atoms with Gasteiger partial charge < -0.3 is 0 Å². The van der Waals surface area contributed by atoms with Gasteiger partial charge in [0.2, 0.25) is 0 Å². The molecule has 270 valence electrons. The van der Waals surface area contributed by atoms with E-state index in [-0.39, 0.29) is 21.6 Å². The van der Waals surface area contributed by atoms with Gasteiger partial charge in [0, 0.05) is 0 Å². The predicted octanol–water partition coefficient (Wildman–Crippen LogP) is 12.7. The first-order valence-electron chi connectivity index (χ1n) is 15.3. The zero-order valence-electron chi connectivity index (χ0n) is 26.9. The Labute approximate surface area is 318 Å². The van der Waals surface area contributed by atoms with Gasteiger partial charge in [0.05, 0.1) is 0 Å². The molecule has 0 amide bonds. The fraction of sp³-hybridized carbons (Fsp3) is 0.189. The molecule has 5 rings (SSSR count). The Hall–Kier alpha value is -2.96. The Morgan fingerprint density at radius 1 is 0.706 bits per heavy atom. The molecule has 0 N–H and O–H groups in total. The molecule has 4 nitrogen and oxygen atoms in total. The topological polar surface area (TPSA) is 52.6 Å². The molecule has 0 fully saturated rings. The van der Waals surface area contributed by atoms with Crippen LogP contribution in [0.1, 0.15) is 25.3 Å². The summed E-state index contributed by atoms with van der Waals surface area (Å²) in [5, 5.41) is 0. The molecule has 0 aliphatic heterocycles. The number of halogens is 8. The molecule has 0 aliphatic rings. The zero-order valence-corrected chi connectivity index (χ0v) is 33.1. The third kappa shape index (κ3) is 8.82. The summed E-state index contributed by atoms with van der Waals surface area (Å²) in [6, 6.07) is 27.0. The third-order valence-electron chi connectivity index (χ3n) is 7.82. The number of benzene rings is 5. The third-order valence-corrected chi connectivity index (χ3v) is 13.8. The molecule has 0 unspecified atom stereocenters. The summed E-state index contributed by atoms with van der Waals surface area (Å²) in [5.74, 6) is -0.108. The molecule has 0 atom stereocenters. The molecule has 5 aromatic rings. The number of unbranched alkanes of at least 4 members (excludes halogenated alkanes) is 1. The maximum atomic E-state index is 14.1.